The maximum absolute atomic E-state index is 12.7. The van der Waals surface area contributed by atoms with Gasteiger partial charge in [-0.05, 0) is 13.3 Å². The number of carbonyl (C=O) groups excluding carboxylic acids is 1. The van der Waals surface area contributed by atoms with Gasteiger partial charge in [0.25, 0.3) is 6.43 Å². The molecule has 1 aliphatic heterocycles. The molecule has 0 saturated heterocycles. The second-order valence-electron chi connectivity index (χ2n) is 3.83. The Labute approximate surface area is 90.1 Å². The largest absolute Gasteiger partial charge is 0.543 e. The van der Waals surface area contributed by atoms with E-state index in [9.17, 15) is 18.7 Å². The van der Waals surface area contributed by atoms with Gasteiger partial charge in [0.1, 0.15) is 17.6 Å². The van der Waals surface area contributed by atoms with Gasteiger partial charge in [-0.25, -0.2) is 13.5 Å². The molecule has 0 amide bonds. The van der Waals surface area contributed by atoms with Gasteiger partial charge < -0.3 is 15.2 Å². The normalized spacial score (nSPS) is 24.0. The average molecular weight is 230 g/mol. The first-order chi connectivity index (χ1) is 7.49. The van der Waals surface area contributed by atoms with Crippen molar-refractivity contribution < 1.29 is 18.7 Å². The summed E-state index contributed by atoms with van der Waals surface area (Å²) in [5.74, 6) is -1.17. The van der Waals surface area contributed by atoms with Crippen molar-refractivity contribution in [2.45, 2.75) is 31.9 Å². The first-order valence-electron chi connectivity index (χ1n) is 4.84. The number of carbonyl (C=O) groups is 1. The summed E-state index contributed by atoms with van der Waals surface area (Å²) < 4.78 is 26.5. The fraction of sp³-hybridized carbons (Fsp3) is 0.556. The minimum Gasteiger partial charge on any atom is -0.543 e. The third-order valence-electron chi connectivity index (χ3n) is 2.54. The summed E-state index contributed by atoms with van der Waals surface area (Å²) in [7, 11) is 0. The molecule has 0 aliphatic carbocycles. The highest BCUT2D eigenvalue weighted by atomic mass is 19.3. The van der Waals surface area contributed by atoms with E-state index >= 15 is 0 Å². The van der Waals surface area contributed by atoms with Crippen molar-refractivity contribution in [3.8, 4) is 0 Å². The molecular weight excluding hydrogens is 220 g/mol. The molecule has 0 aromatic carbocycles. The summed E-state index contributed by atoms with van der Waals surface area (Å²) in [5.41, 5.74) is -0.331. The second-order valence-corrected chi connectivity index (χ2v) is 3.83. The molecule has 0 fully saturated rings. The molecule has 0 bridgehead atoms. The standard InChI is InChI=1S/C9H11F2N3O2/c1-4-2-6(8(10)11)14-7(12-4)3-5(13-14)9(15)16/h3-4,6,8,12H,2H2,1H3,(H,15,16)/p-1. The van der Waals surface area contributed by atoms with Crippen LogP contribution in [0.5, 0.6) is 0 Å². The molecule has 2 heterocycles. The Bertz CT molecular complexity index is 419. The number of anilines is 1. The van der Waals surface area contributed by atoms with Gasteiger partial charge in [-0.15, -0.1) is 0 Å². The minimum absolute atomic E-state index is 0.141. The lowest BCUT2D eigenvalue weighted by atomic mass is 10.1. The molecule has 1 N–H and O–H groups in total. The number of rotatable bonds is 2. The van der Waals surface area contributed by atoms with Crippen LogP contribution < -0.4 is 10.4 Å². The number of hydrogen-bond donors (Lipinski definition) is 1. The molecule has 2 atom stereocenters. The highest BCUT2D eigenvalue weighted by molar-refractivity contribution is 5.84. The van der Waals surface area contributed by atoms with Crippen molar-refractivity contribution in [2.24, 2.45) is 0 Å². The lowest BCUT2D eigenvalue weighted by Crippen LogP contribution is -2.33. The van der Waals surface area contributed by atoms with Crippen LogP contribution in [-0.2, 0) is 0 Å². The van der Waals surface area contributed by atoms with Crippen LogP contribution >= 0.6 is 0 Å². The Balaban J connectivity index is 2.41. The number of fused-ring (bicyclic) bond motifs is 1. The van der Waals surface area contributed by atoms with Crippen LogP contribution in [0.3, 0.4) is 0 Å². The van der Waals surface area contributed by atoms with Crippen molar-refractivity contribution in [3.05, 3.63) is 11.8 Å². The number of halogens is 2. The van der Waals surface area contributed by atoms with Crippen molar-refractivity contribution in [1.29, 1.82) is 0 Å². The second kappa shape index (κ2) is 3.73. The fourth-order valence-corrected chi connectivity index (χ4v) is 1.84. The Kier molecular flexibility index (Phi) is 2.53. The number of aromatic carboxylic acids is 1. The molecule has 2 rings (SSSR count). The molecule has 5 nitrogen and oxygen atoms in total. The molecule has 0 saturated carbocycles. The van der Waals surface area contributed by atoms with Gasteiger partial charge >= 0.3 is 0 Å². The zero-order chi connectivity index (χ0) is 11.9. The van der Waals surface area contributed by atoms with Crippen LogP contribution in [0.4, 0.5) is 14.6 Å². The molecule has 16 heavy (non-hydrogen) atoms. The van der Waals surface area contributed by atoms with E-state index < -0.39 is 18.4 Å². The Morgan fingerprint density at radius 3 is 3.00 bits per heavy atom. The third-order valence-corrected chi connectivity index (χ3v) is 2.54. The molecule has 1 aromatic rings. The Morgan fingerprint density at radius 2 is 2.44 bits per heavy atom. The molecule has 88 valence electrons. The topological polar surface area (TPSA) is 70.0 Å². The quantitative estimate of drug-likeness (QED) is 0.791. The van der Waals surface area contributed by atoms with E-state index in [-0.39, 0.29) is 18.2 Å². The predicted octanol–water partition coefficient (Wildman–Crippen LogP) is 0.257. The number of carboxylic acid groups (broad SMARTS) is 1. The summed E-state index contributed by atoms with van der Waals surface area (Å²) >= 11 is 0. The van der Waals surface area contributed by atoms with E-state index in [1.165, 1.54) is 6.07 Å². The number of nitrogens with one attached hydrogen (secondary N) is 1. The van der Waals surface area contributed by atoms with Crippen molar-refractivity contribution in [3.63, 3.8) is 0 Å². The van der Waals surface area contributed by atoms with Crippen LogP contribution in [0.1, 0.15) is 29.9 Å². The van der Waals surface area contributed by atoms with E-state index in [1.807, 2.05) is 0 Å². The number of aromatic nitrogens is 2. The van der Waals surface area contributed by atoms with Crippen LogP contribution in [0.2, 0.25) is 0 Å². The van der Waals surface area contributed by atoms with Gasteiger partial charge in [-0.3, -0.25) is 0 Å². The highest BCUT2D eigenvalue weighted by Gasteiger charge is 2.32. The Hall–Kier alpha value is -1.66. The maximum atomic E-state index is 12.7. The molecule has 7 heteroatoms. The molecule has 2 unspecified atom stereocenters. The van der Waals surface area contributed by atoms with E-state index in [2.05, 4.69) is 10.4 Å². The van der Waals surface area contributed by atoms with Gasteiger partial charge in [0.2, 0.25) is 0 Å². The molecule has 0 radical (unpaired) electrons. The van der Waals surface area contributed by atoms with Crippen LogP contribution in [0.15, 0.2) is 6.07 Å². The average Bonchev–Trinajstić information content (AvgIpc) is 2.59. The predicted molar refractivity (Wildman–Crippen MR) is 49.3 cm³/mol. The van der Waals surface area contributed by atoms with Crippen LogP contribution in [0.25, 0.3) is 0 Å². The lowest BCUT2D eigenvalue weighted by molar-refractivity contribution is -0.255. The van der Waals surface area contributed by atoms with Gasteiger partial charge in [0.15, 0.2) is 0 Å². The van der Waals surface area contributed by atoms with Crippen LogP contribution in [-0.4, -0.2) is 28.2 Å². The molecule has 0 spiro atoms. The first-order valence-corrected chi connectivity index (χ1v) is 4.84. The van der Waals surface area contributed by atoms with Crippen molar-refractivity contribution in [2.75, 3.05) is 5.32 Å². The monoisotopic (exact) mass is 230 g/mol. The zero-order valence-electron chi connectivity index (χ0n) is 8.48. The smallest absolute Gasteiger partial charge is 0.260 e. The van der Waals surface area contributed by atoms with Crippen molar-refractivity contribution in [1.82, 2.24) is 9.78 Å². The molecule has 1 aromatic heterocycles. The van der Waals surface area contributed by atoms with Gasteiger partial charge in [-0.2, -0.15) is 5.10 Å². The summed E-state index contributed by atoms with van der Waals surface area (Å²) in [5, 5.41) is 17.1. The summed E-state index contributed by atoms with van der Waals surface area (Å²) in [4.78, 5) is 10.6. The number of alkyl halides is 2. The van der Waals surface area contributed by atoms with E-state index in [0.717, 1.165) is 4.68 Å². The molecular formula is C9H10F2N3O2-. The number of carboxylic acids is 1. The van der Waals surface area contributed by atoms with Gasteiger partial charge in [0.05, 0.1) is 5.97 Å². The Morgan fingerprint density at radius 1 is 1.75 bits per heavy atom. The minimum atomic E-state index is -2.57. The van der Waals surface area contributed by atoms with Crippen molar-refractivity contribution >= 4 is 11.8 Å². The summed E-state index contributed by atoms with van der Waals surface area (Å²) in [6.07, 6.45) is -2.36. The lowest BCUT2D eigenvalue weighted by Gasteiger charge is -2.29. The van der Waals surface area contributed by atoms with E-state index in [4.69, 9.17) is 0 Å². The third kappa shape index (κ3) is 1.72. The fourth-order valence-electron chi connectivity index (χ4n) is 1.84. The SMILES string of the molecule is CC1CC(C(F)F)n2nc(C(=O)[O-])cc2N1. The summed E-state index contributed by atoms with van der Waals surface area (Å²) in [6.45, 7) is 1.75. The first kappa shape index (κ1) is 10.8. The van der Waals surface area contributed by atoms with Gasteiger partial charge in [-0.1, -0.05) is 0 Å². The van der Waals surface area contributed by atoms with E-state index in [0.29, 0.717) is 5.82 Å². The molecule has 1 aliphatic rings. The number of hydrogen-bond acceptors (Lipinski definition) is 4. The van der Waals surface area contributed by atoms with E-state index in [1.54, 1.807) is 6.92 Å². The zero-order valence-corrected chi connectivity index (χ0v) is 8.48. The van der Waals surface area contributed by atoms with Gasteiger partial charge in [0, 0.05) is 12.1 Å². The maximum Gasteiger partial charge on any atom is 0.260 e. The number of nitrogens with zero attached hydrogens (tertiary/aromatic N) is 2. The summed E-state index contributed by atoms with van der Waals surface area (Å²) in [6, 6.07) is -0.0162. The van der Waals surface area contributed by atoms with Crippen LogP contribution in [0, 0.1) is 0 Å². The highest BCUT2D eigenvalue weighted by Crippen LogP contribution is 2.31.